The van der Waals surface area contributed by atoms with Crippen LogP contribution in [0.4, 0.5) is 0 Å². The molecule has 0 aliphatic heterocycles. The molecule has 0 aromatic heterocycles. The van der Waals surface area contributed by atoms with Crippen molar-refractivity contribution in [2.75, 3.05) is 13.2 Å². The lowest BCUT2D eigenvalue weighted by atomic mass is 9.87. The third-order valence-corrected chi connectivity index (χ3v) is 2.81. The number of ether oxygens (including phenoxy) is 1. The first-order chi connectivity index (χ1) is 8.56. The summed E-state index contributed by atoms with van der Waals surface area (Å²) in [7, 11) is 0. The van der Waals surface area contributed by atoms with Crippen molar-refractivity contribution in [2.45, 2.75) is 26.6 Å². The van der Waals surface area contributed by atoms with Crippen LogP contribution in [-0.4, -0.2) is 29.5 Å². The molecule has 0 heterocycles. The average molecular weight is 250 g/mol. The fourth-order valence-electron chi connectivity index (χ4n) is 1.54. The van der Waals surface area contributed by atoms with Gasteiger partial charge in [-0.2, -0.15) is 0 Å². The Morgan fingerprint density at radius 2 is 1.94 bits per heavy atom. The van der Waals surface area contributed by atoms with Crippen LogP contribution in [0.15, 0.2) is 42.5 Å². The molecule has 0 aliphatic carbocycles. The lowest BCUT2D eigenvalue weighted by Crippen LogP contribution is -2.32. The summed E-state index contributed by atoms with van der Waals surface area (Å²) in [5, 5.41) is 18.6. The summed E-state index contributed by atoms with van der Waals surface area (Å²) in [5.74, 6) is 0. The highest BCUT2D eigenvalue weighted by atomic mass is 16.5. The predicted octanol–water partition coefficient (Wildman–Crippen LogP) is 2.14. The molecule has 0 aliphatic rings. The third-order valence-electron chi connectivity index (χ3n) is 2.81. The summed E-state index contributed by atoms with van der Waals surface area (Å²) in [6, 6.07) is 9.94. The van der Waals surface area contributed by atoms with Crippen LogP contribution in [0.5, 0.6) is 0 Å². The Balaban J connectivity index is 2.39. The van der Waals surface area contributed by atoms with Crippen molar-refractivity contribution in [3.05, 3.63) is 48.0 Å². The number of rotatable bonds is 7. The molecule has 0 bridgehead atoms. The molecule has 1 atom stereocenters. The summed E-state index contributed by atoms with van der Waals surface area (Å²) >= 11 is 0. The van der Waals surface area contributed by atoms with E-state index < -0.39 is 6.10 Å². The molecule has 0 radical (unpaired) electrons. The molecule has 3 heteroatoms. The second kappa shape index (κ2) is 7.31. The first-order valence-electron chi connectivity index (χ1n) is 6.13. The van der Waals surface area contributed by atoms with Gasteiger partial charge in [0.15, 0.2) is 0 Å². The van der Waals surface area contributed by atoms with Gasteiger partial charge in [-0.25, -0.2) is 0 Å². The molecule has 18 heavy (non-hydrogen) atoms. The van der Waals surface area contributed by atoms with Gasteiger partial charge in [0, 0.05) is 5.41 Å². The Morgan fingerprint density at radius 3 is 2.56 bits per heavy atom. The van der Waals surface area contributed by atoms with E-state index in [1.165, 1.54) is 0 Å². The minimum atomic E-state index is -0.625. The van der Waals surface area contributed by atoms with Crippen molar-refractivity contribution in [1.29, 1.82) is 0 Å². The minimum Gasteiger partial charge on any atom is -0.392 e. The fourth-order valence-corrected chi connectivity index (χ4v) is 1.54. The second-order valence-electron chi connectivity index (χ2n) is 5.02. The van der Waals surface area contributed by atoms with Crippen LogP contribution >= 0.6 is 0 Å². The molecule has 100 valence electrons. The maximum absolute atomic E-state index is 9.93. The Labute approximate surface area is 109 Å². The van der Waals surface area contributed by atoms with Crippen molar-refractivity contribution in [3.8, 4) is 0 Å². The molecule has 1 unspecified atom stereocenters. The van der Waals surface area contributed by atoms with Gasteiger partial charge in [-0.05, 0) is 5.56 Å². The Morgan fingerprint density at radius 1 is 1.28 bits per heavy atom. The maximum Gasteiger partial charge on any atom is 0.0794 e. The van der Waals surface area contributed by atoms with E-state index in [4.69, 9.17) is 9.84 Å². The van der Waals surface area contributed by atoms with Crippen LogP contribution in [0.2, 0.25) is 0 Å². The SMILES string of the molecule is CC(C)(COCc1ccccc1)C(O)/C=C\CO. The van der Waals surface area contributed by atoms with Crippen LogP contribution in [-0.2, 0) is 11.3 Å². The third kappa shape index (κ3) is 5.00. The number of hydrogen-bond donors (Lipinski definition) is 2. The second-order valence-corrected chi connectivity index (χ2v) is 5.02. The smallest absolute Gasteiger partial charge is 0.0794 e. The number of hydrogen-bond acceptors (Lipinski definition) is 3. The molecule has 0 amide bonds. The van der Waals surface area contributed by atoms with Crippen LogP contribution in [0.25, 0.3) is 0 Å². The monoisotopic (exact) mass is 250 g/mol. The molecule has 0 saturated heterocycles. The molecule has 1 rings (SSSR count). The highest BCUT2D eigenvalue weighted by Crippen LogP contribution is 2.22. The van der Waals surface area contributed by atoms with E-state index in [0.717, 1.165) is 5.56 Å². The van der Waals surface area contributed by atoms with E-state index in [0.29, 0.717) is 13.2 Å². The minimum absolute atomic E-state index is 0.0575. The van der Waals surface area contributed by atoms with E-state index >= 15 is 0 Å². The molecule has 0 spiro atoms. The Kier molecular flexibility index (Phi) is 6.05. The lowest BCUT2D eigenvalue weighted by molar-refractivity contribution is -0.00883. The van der Waals surface area contributed by atoms with Gasteiger partial charge in [-0.1, -0.05) is 56.3 Å². The van der Waals surface area contributed by atoms with Gasteiger partial charge in [0.2, 0.25) is 0 Å². The van der Waals surface area contributed by atoms with Crippen molar-refractivity contribution in [1.82, 2.24) is 0 Å². The molecule has 1 aromatic carbocycles. The normalized spacial score (nSPS) is 14.0. The summed E-state index contributed by atoms with van der Waals surface area (Å²) < 4.78 is 5.63. The fraction of sp³-hybridized carbons (Fsp3) is 0.467. The van der Waals surface area contributed by atoms with E-state index in [1.54, 1.807) is 12.2 Å². The van der Waals surface area contributed by atoms with Crippen LogP contribution in [0.3, 0.4) is 0 Å². The largest absolute Gasteiger partial charge is 0.392 e. The molecule has 1 aromatic rings. The highest BCUT2D eigenvalue weighted by Gasteiger charge is 2.26. The van der Waals surface area contributed by atoms with Crippen LogP contribution < -0.4 is 0 Å². The zero-order valence-corrected chi connectivity index (χ0v) is 11.0. The average Bonchev–Trinajstić information content (AvgIpc) is 2.37. The van der Waals surface area contributed by atoms with Crippen LogP contribution in [0.1, 0.15) is 19.4 Å². The lowest BCUT2D eigenvalue weighted by Gasteiger charge is -2.28. The molecule has 0 fully saturated rings. The van der Waals surface area contributed by atoms with Gasteiger partial charge < -0.3 is 14.9 Å². The van der Waals surface area contributed by atoms with Gasteiger partial charge in [-0.15, -0.1) is 0 Å². The Bertz CT molecular complexity index is 357. The summed E-state index contributed by atoms with van der Waals surface area (Å²) in [6.45, 7) is 4.81. The summed E-state index contributed by atoms with van der Waals surface area (Å²) in [4.78, 5) is 0. The predicted molar refractivity (Wildman–Crippen MR) is 72.1 cm³/mol. The molecule has 3 nitrogen and oxygen atoms in total. The topological polar surface area (TPSA) is 49.7 Å². The van der Waals surface area contributed by atoms with E-state index in [-0.39, 0.29) is 12.0 Å². The van der Waals surface area contributed by atoms with Gasteiger partial charge in [0.25, 0.3) is 0 Å². The maximum atomic E-state index is 9.93. The zero-order chi connectivity index (χ0) is 13.4. The molecular formula is C15H22O3. The van der Waals surface area contributed by atoms with Crippen LogP contribution in [0, 0.1) is 5.41 Å². The van der Waals surface area contributed by atoms with Gasteiger partial charge >= 0.3 is 0 Å². The summed E-state index contributed by atoms with van der Waals surface area (Å²) in [5.41, 5.74) is 0.745. The van der Waals surface area contributed by atoms with E-state index in [9.17, 15) is 5.11 Å². The number of aliphatic hydroxyl groups excluding tert-OH is 2. The van der Waals surface area contributed by atoms with Gasteiger partial charge in [-0.3, -0.25) is 0 Å². The Hall–Kier alpha value is -1.16. The van der Waals surface area contributed by atoms with E-state index in [1.807, 2.05) is 44.2 Å². The molecule has 2 N–H and O–H groups in total. The van der Waals surface area contributed by atoms with Gasteiger partial charge in [0.1, 0.15) is 0 Å². The first-order valence-corrected chi connectivity index (χ1v) is 6.13. The first kappa shape index (κ1) is 14.9. The van der Waals surface area contributed by atoms with Crippen molar-refractivity contribution in [3.63, 3.8) is 0 Å². The number of benzene rings is 1. The summed E-state index contributed by atoms with van der Waals surface area (Å²) in [6.07, 6.45) is 2.52. The quantitative estimate of drug-likeness (QED) is 0.729. The molecular weight excluding hydrogens is 228 g/mol. The van der Waals surface area contributed by atoms with Gasteiger partial charge in [0.05, 0.1) is 25.9 Å². The van der Waals surface area contributed by atoms with Crippen molar-refractivity contribution >= 4 is 0 Å². The van der Waals surface area contributed by atoms with E-state index in [2.05, 4.69) is 0 Å². The number of aliphatic hydroxyl groups is 2. The van der Waals surface area contributed by atoms with Crippen molar-refractivity contribution < 1.29 is 14.9 Å². The van der Waals surface area contributed by atoms with Crippen molar-refractivity contribution in [2.24, 2.45) is 5.41 Å². The standard InChI is InChI=1S/C15H22O3/c1-15(2,14(17)9-6-10-16)12-18-11-13-7-4-3-5-8-13/h3-9,14,16-17H,10-12H2,1-2H3/b9-6-. The molecule has 0 saturated carbocycles. The zero-order valence-electron chi connectivity index (χ0n) is 11.0. The highest BCUT2D eigenvalue weighted by molar-refractivity contribution is 5.13.